The minimum atomic E-state index is -1.56. The summed E-state index contributed by atoms with van der Waals surface area (Å²) in [4.78, 5) is 2.52. The van der Waals surface area contributed by atoms with Gasteiger partial charge in [0.2, 0.25) is 0 Å². The molecule has 2 nitrogen and oxygen atoms in total. The van der Waals surface area contributed by atoms with E-state index in [-0.39, 0.29) is 0 Å². The van der Waals surface area contributed by atoms with Gasteiger partial charge < -0.3 is 9.33 Å². The molecule has 1 saturated carbocycles. The van der Waals surface area contributed by atoms with Gasteiger partial charge in [0.05, 0.1) is 0 Å². The minimum absolute atomic E-state index is 0.314. The molecule has 2 fully saturated rings. The first-order valence-electron chi connectivity index (χ1n) is 7.09. The van der Waals surface area contributed by atoms with Gasteiger partial charge in [0.1, 0.15) is 0 Å². The van der Waals surface area contributed by atoms with E-state index in [1.165, 1.54) is 13.1 Å². The van der Waals surface area contributed by atoms with E-state index in [1.807, 2.05) is 0 Å². The largest absolute Gasteiger partial charge is 0.416 e. The lowest BCUT2D eigenvalue weighted by atomic mass is 10.2. The summed E-state index contributed by atoms with van der Waals surface area (Å²) in [5, 5.41) is 0.314. The molecular weight excluding hydrogens is 238 g/mol. The van der Waals surface area contributed by atoms with Gasteiger partial charge in [0.25, 0.3) is 0 Å². The Morgan fingerprint density at radius 3 is 2.28 bits per heavy atom. The first kappa shape index (κ1) is 14.1. The summed E-state index contributed by atoms with van der Waals surface area (Å²) in [7, 11) is -1.56. The molecule has 0 spiro atoms. The lowest BCUT2D eigenvalue weighted by molar-refractivity contribution is 0.208. The number of nitrogens with zero attached hydrogens (tertiary/aromatic N) is 1. The van der Waals surface area contributed by atoms with Crippen molar-refractivity contribution < 1.29 is 4.43 Å². The zero-order valence-electron chi connectivity index (χ0n) is 12.5. The monoisotopic (exact) mass is 265 g/mol. The van der Waals surface area contributed by atoms with Crippen LogP contribution in [0.25, 0.3) is 0 Å². The van der Waals surface area contributed by atoms with Gasteiger partial charge in [-0.3, -0.25) is 0 Å². The number of likely N-dealkylation sites (tertiary alicyclic amines) is 1. The van der Waals surface area contributed by atoms with E-state index >= 15 is 0 Å². The van der Waals surface area contributed by atoms with Crippen molar-refractivity contribution in [2.24, 2.45) is 17.8 Å². The molecule has 3 heteroatoms. The summed E-state index contributed by atoms with van der Waals surface area (Å²) >= 11 is 0. The van der Waals surface area contributed by atoms with E-state index in [4.69, 9.17) is 10.8 Å². The fourth-order valence-corrected chi connectivity index (χ4v) is 3.72. The predicted molar refractivity (Wildman–Crippen MR) is 78.9 cm³/mol. The molecule has 0 N–H and O–H groups in total. The maximum absolute atomic E-state index is 6.22. The molecule has 18 heavy (non-hydrogen) atoms. The van der Waals surface area contributed by atoms with Gasteiger partial charge in [0, 0.05) is 32.2 Å². The molecule has 0 unspecified atom stereocenters. The maximum atomic E-state index is 6.22. The standard InChI is InChI=1S/C15H27NOSi/c1-7-12-13-10-16(11-14(12)13)8-9-17-18(5,6)15(2,3)4/h1,12-14H,8-11H2,2-6H3/t12-,13+,14-. The van der Waals surface area contributed by atoms with Crippen LogP contribution < -0.4 is 0 Å². The smallest absolute Gasteiger partial charge is 0.192 e. The SMILES string of the molecule is C#C[C@H]1[C@H]2CN(CCO[Si](C)(C)C(C)(C)C)C[C@@H]12. The Bertz CT molecular complexity index is 340. The number of rotatable bonds is 4. The third kappa shape index (κ3) is 2.66. The highest BCUT2D eigenvalue weighted by molar-refractivity contribution is 6.74. The van der Waals surface area contributed by atoms with E-state index < -0.39 is 8.32 Å². The summed E-state index contributed by atoms with van der Waals surface area (Å²) in [6.07, 6.45) is 5.49. The van der Waals surface area contributed by atoms with Crippen molar-refractivity contribution in [2.75, 3.05) is 26.2 Å². The van der Waals surface area contributed by atoms with Crippen LogP contribution in [0.4, 0.5) is 0 Å². The number of hydrogen-bond donors (Lipinski definition) is 0. The van der Waals surface area contributed by atoms with Crippen LogP contribution in [0.5, 0.6) is 0 Å². The molecule has 0 aromatic rings. The molecule has 0 aromatic heterocycles. The maximum Gasteiger partial charge on any atom is 0.192 e. The highest BCUT2D eigenvalue weighted by Gasteiger charge is 2.54. The van der Waals surface area contributed by atoms with Crippen LogP contribution >= 0.6 is 0 Å². The zero-order valence-corrected chi connectivity index (χ0v) is 13.5. The Kier molecular flexibility index (Phi) is 3.66. The Morgan fingerprint density at radius 1 is 1.28 bits per heavy atom. The molecule has 1 saturated heterocycles. The zero-order chi connectivity index (χ0) is 13.6. The third-order valence-electron chi connectivity index (χ3n) is 5.14. The Labute approximate surface area is 113 Å². The van der Waals surface area contributed by atoms with Crippen molar-refractivity contribution >= 4 is 8.32 Å². The summed E-state index contributed by atoms with van der Waals surface area (Å²) < 4.78 is 6.22. The molecular formula is C15H27NOSi. The molecule has 2 aliphatic rings. The number of hydrogen-bond acceptors (Lipinski definition) is 2. The van der Waals surface area contributed by atoms with Gasteiger partial charge in [-0.2, -0.15) is 0 Å². The quantitative estimate of drug-likeness (QED) is 0.572. The number of fused-ring (bicyclic) bond motifs is 1. The Hall–Kier alpha value is -0.303. The second-order valence-electron chi connectivity index (χ2n) is 7.39. The van der Waals surface area contributed by atoms with Crippen LogP contribution in [0.3, 0.4) is 0 Å². The molecule has 1 heterocycles. The van der Waals surface area contributed by atoms with E-state index in [0.29, 0.717) is 11.0 Å². The van der Waals surface area contributed by atoms with Crippen molar-refractivity contribution in [1.82, 2.24) is 4.90 Å². The molecule has 3 atom stereocenters. The number of piperidine rings is 1. The summed E-state index contributed by atoms with van der Waals surface area (Å²) in [6, 6.07) is 0. The minimum Gasteiger partial charge on any atom is -0.416 e. The first-order valence-corrected chi connectivity index (χ1v) is 9.99. The average Bonchev–Trinajstić information content (AvgIpc) is 2.71. The van der Waals surface area contributed by atoms with Crippen molar-refractivity contribution in [1.29, 1.82) is 0 Å². The highest BCUT2D eigenvalue weighted by Crippen LogP contribution is 2.51. The second-order valence-corrected chi connectivity index (χ2v) is 12.2. The van der Waals surface area contributed by atoms with E-state index in [9.17, 15) is 0 Å². The summed E-state index contributed by atoms with van der Waals surface area (Å²) in [5.74, 6) is 5.09. The van der Waals surface area contributed by atoms with E-state index in [1.54, 1.807) is 0 Å². The van der Waals surface area contributed by atoms with Gasteiger partial charge in [-0.15, -0.1) is 12.3 Å². The van der Waals surface area contributed by atoms with Crippen LogP contribution in [0.1, 0.15) is 20.8 Å². The Morgan fingerprint density at radius 2 is 1.83 bits per heavy atom. The topological polar surface area (TPSA) is 12.5 Å². The van der Waals surface area contributed by atoms with Crippen molar-refractivity contribution in [3.05, 3.63) is 0 Å². The van der Waals surface area contributed by atoms with Gasteiger partial charge in [-0.25, -0.2) is 0 Å². The van der Waals surface area contributed by atoms with E-state index in [0.717, 1.165) is 25.0 Å². The van der Waals surface area contributed by atoms with Crippen molar-refractivity contribution in [3.8, 4) is 12.3 Å². The van der Waals surface area contributed by atoms with Gasteiger partial charge in [0.15, 0.2) is 8.32 Å². The molecule has 1 aliphatic heterocycles. The first-order chi connectivity index (χ1) is 8.26. The van der Waals surface area contributed by atoms with Crippen LogP contribution in [0, 0.1) is 30.1 Å². The second kappa shape index (κ2) is 4.66. The highest BCUT2D eigenvalue weighted by atomic mass is 28.4. The average molecular weight is 265 g/mol. The molecule has 1 aliphatic carbocycles. The summed E-state index contributed by atoms with van der Waals surface area (Å²) in [5.41, 5.74) is 0. The third-order valence-corrected chi connectivity index (χ3v) is 9.68. The lowest BCUT2D eigenvalue weighted by Crippen LogP contribution is -2.42. The summed E-state index contributed by atoms with van der Waals surface area (Å²) in [6.45, 7) is 15.9. The van der Waals surface area contributed by atoms with Crippen LogP contribution in [-0.4, -0.2) is 39.5 Å². The van der Waals surface area contributed by atoms with Crippen LogP contribution in [0.2, 0.25) is 18.1 Å². The molecule has 2 rings (SSSR count). The van der Waals surface area contributed by atoms with Crippen molar-refractivity contribution in [3.63, 3.8) is 0 Å². The lowest BCUT2D eigenvalue weighted by Gasteiger charge is -2.36. The van der Waals surface area contributed by atoms with Gasteiger partial charge in [-0.05, 0) is 30.0 Å². The molecule has 0 amide bonds. The molecule has 0 bridgehead atoms. The molecule has 0 aromatic carbocycles. The fraction of sp³-hybridized carbons (Fsp3) is 0.867. The van der Waals surface area contributed by atoms with E-state index in [2.05, 4.69) is 44.7 Å². The predicted octanol–water partition coefficient (Wildman–Crippen LogP) is 2.82. The van der Waals surface area contributed by atoms with Crippen LogP contribution in [-0.2, 0) is 4.43 Å². The van der Waals surface area contributed by atoms with Crippen molar-refractivity contribution in [2.45, 2.75) is 38.9 Å². The Balaban J connectivity index is 1.68. The van der Waals surface area contributed by atoms with Crippen LogP contribution in [0.15, 0.2) is 0 Å². The fourth-order valence-electron chi connectivity index (χ4n) is 2.69. The van der Waals surface area contributed by atoms with Gasteiger partial charge >= 0.3 is 0 Å². The normalized spacial score (nSPS) is 32.1. The molecule has 0 radical (unpaired) electrons. The molecule has 102 valence electrons. The van der Waals surface area contributed by atoms with Gasteiger partial charge in [-0.1, -0.05) is 20.8 Å². The number of terminal acetylenes is 1.